The maximum Gasteiger partial charge on any atom is 0.416 e. The normalized spacial score (nSPS) is 18.2. The number of alkyl halides is 3. The van der Waals surface area contributed by atoms with Gasteiger partial charge in [0.05, 0.1) is 5.56 Å². The molecule has 0 saturated heterocycles. The number of carboxylic acid groups (broad SMARTS) is 1. The van der Waals surface area contributed by atoms with E-state index in [9.17, 15) is 23.1 Å². The average Bonchev–Trinajstić information content (AvgIpc) is 2.53. The second-order valence-electron chi connectivity index (χ2n) is 5.93. The summed E-state index contributed by atoms with van der Waals surface area (Å²) in [6.45, 7) is 0.762. The lowest BCUT2D eigenvalue weighted by Crippen LogP contribution is -2.45. The molecule has 2 aromatic carbocycles. The minimum absolute atomic E-state index is 0.295. The number of rotatable bonds is 3. The van der Waals surface area contributed by atoms with Crippen LogP contribution in [0.25, 0.3) is 0 Å². The van der Waals surface area contributed by atoms with Gasteiger partial charge in [0, 0.05) is 13.1 Å². The summed E-state index contributed by atoms with van der Waals surface area (Å²) in [6.07, 6.45) is -3.97. The second-order valence-corrected chi connectivity index (χ2v) is 5.93. The lowest BCUT2D eigenvalue weighted by molar-refractivity contribution is -0.144. The quantitative estimate of drug-likeness (QED) is 0.929. The molecule has 0 spiro atoms. The minimum atomic E-state index is -4.37. The van der Waals surface area contributed by atoms with Gasteiger partial charge in [-0.15, -0.1) is 0 Å². The molecule has 2 aromatic rings. The summed E-state index contributed by atoms with van der Waals surface area (Å²) < 4.78 is 37.9. The molecule has 3 rings (SSSR count). The van der Waals surface area contributed by atoms with Crippen LogP contribution < -0.4 is 0 Å². The van der Waals surface area contributed by atoms with Crippen LogP contribution in [0.3, 0.4) is 0 Å². The Labute approximate surface area is 137 Å². The van der Waals surface area contributed by atoms with E-state index in [0.717, 1.165) is 23.3 Å². The van der Waals surface area contributed by atoms with Crippen LogP contribution in [-0.4, -0.2) is 22.0 Å². The number of aliphatic carboxylic acids is 1. The molecule has 1 N–H and O–H groups in total. The molecule has 1 heterocycles. The Hall–Kier alpha value is -2.34. The molecule has 0 fully saturated rings. The highest BCUT2D eigenvalue weighted by Crippen LogP contribution is 2.30. The molecule has 0 radical (unpaired) electrons. The van der Waals surface area contributed by atoms with Crippen molar-refractivity contribution in [1.82, 2.24) is 4.90 Å². The summed E-state index contributed by atoms with van der Waals surface area (Å²) in [5.74, 6) is -0.920. The SMILES string of the molecule is O=C(O)[C@H]1Cc2ccccc2CN1Cc1ccc(C(F)(F)F)cc1. The van der Waals surface area contributed by atoms with E-state index >= 15 is 0 Å². The minimum Gasteiger partial charge on any atom is -0.480 e. The number of nitrogens with zero attached hydrogens (tertiary/aromatic N) is 1. The monoisotopic (exact) mass is 335 g/mol. The predicted molar refractivity (Wildman–Crippen MR) is 82.3 cm³/mol. The summed E-state index contributed by atoms with van der Waals surface area (Å²) in [5, 5.41) is 9.47. The van der Waals surface area contributed by atoms with Crippen LogP contribution >= 0.6 is 0 Å². The number of benzene rings is 2. The zero-order valence-corrected chi connectivity index (χ0v) is 12.8. The van der Waals surface area contributed by atoms with Gasteiger partial charge in [0.25, 0.3) is 0 Å². The Morgan fingerprint density at radius 3 is 2.29 bits per heavy atom. The van der Waals surface area contributed by atoms with Gasteiger partial charge in [-0.2, -0.15) is 13.2 Å². The molecule has 6 heteroatoms. The van der Waals surface area contributed by atoms with Crippen molar-refractivity contribution >= 4 is 5.97 Å². The standard InChI is InChI=1S/C18H16F3NO2/c19-18(20,21)15-7-5-12(6-8-15)10-22-11-14-4-2-1-3-13(14)9-16(22)17(23)24/h1-8,16H,9-11H2,(H,23,24)/t16-/m1/s1. The summed E-state index contributed by atoms with van der Waals surface area (Å²) in [7, 11) is 0. The third kappa shape index (κ3) is 3.43. The third-order valence-corrected chi connectivity index (χ3v) is 4.30. The fourth-order valence-electron chi connectivity index (χ4n) is 3.02. The van der Waals surface area contributed by atoms with E-state index in [1.165, 1.54) is 12.1 Å². The van der Waals surface area contributed by atoms with Crippen molar-refractivity contribution in [3.05, 3.63) is 70.8 Å². The lowest BCUT2D eigenvalue weighted by Gasteiger charge is -2.34. The molecule has 1 aliphatic heterocycles. The van der Waals surface area contributed by atoms with Crippen molar-refractivity contribution in [3.8, 4) is 0 Å². The topological polar surface area (TPSA) is 40.5 Å². The first-order chi connectivity index (χ1) is 11.3. The Kier molecular flexibility index (Phi) is 4.32. The molecule has 0 bridgehead atoms. The molecule has 126 valence electrons. The van der Waals surface area contributed by atoms with Crippen molar-refractivity contribution in [2.45, 2.75) is 31.7 Å². The highest BCUT2D eigenvalue weighted by atomic mass is 19.4. The van der Waals surface area contributed by atoms with E-state index in [1.807, 2.05) is 24.3 Å². The Morgan fingerprint density at radius 2 is 1.71 bits per heavy atom. The maximum atomic E-state index is 12.6. The smallest absolute Gasteiger partial charge is 0.416 e. The van der Waals surface area contributed by atoms with Crippen molar-refractivity contribution in [2.24, 2.45) is 0 Å². The zero-order chi connectivity index (χ0) is 17.3. The molecule has 0 saturated carbocycles. The Morgan fingerprint density at radius 1 is 1.08 bits per heavy atom. The van der Waals surface area contributed by atoms with Crippen LogP contribution in [0.2, 0.25) is 0 Å². The number of carboxylic acids is 1. The summed E-state index contributed by atoms with van der Waals surface area (Å²) >= 11 is 0. The largest absolute Gasteiger partial charge is 0.480 e. The first kappa shape index (κ1) is 16.5. The highest BCUT2D eigenvalue weighted by molar-refractivity contribution is 5.74. The Bertz CT molecular complexity index is 741. The van der Waals surface area contributed by atoms with Gasteiger partial charge in [-0.3, -0.25) is 9.69 Å². The van der Waals surface area contributed by atoms with Crippen LogP contribution in [0.5, 0.6) is 0 Å². The molecule has 1 aliphatic rings. The van der Waals surface area contributed by atoms with Crippen molar-refractivity contribution in [2.75, 3.05) is 0 Å². The van der Waals surface area contributed by atoms with Gasteiger partial charge in [0.15, 0.2) is 0 Å². The van der Waals surface area contributed by atoms with Crippen LogP contribution in [0, 0.1) is 0 Å². The van der Waals surface area contributed by atoms with Gasteiger partial charge in [-0.25, -0.2) is 0 Å². The summed E-state index contributed by atoms with van der Waals surface area (Å²) in [6, 6.07) is 11.8. The van der Waals surface area contributed by atoms with Crippen LogP contribution in [0.15, 0.2) is 48.5 Å². The van der Waals surface area contributed by atoms with E-state index in [1.54, 1.807) is 4.90 Å². The first-order valence-electron chi connectivity index (χ1n) is 7.54. The molecule has 1 atom stereocenters. The summed E-state index contributed by atoms with van der Waals surface area (Å²) in [4.78, 5) is 13.3. The van der Waals surface area contributed by atoms with E-state index in [2.05, 4.69) is 0 Å². The summed E-state index contributed by atoms with van der Waals surface area (Å²) in [5.41, 5.74) is 2.02. The molecular formula is C18H16F3NO2. The zero-order valence-electron chi connectivity index (χ0n) is 12.8. The fraction of sp³-hybridized carbons (Fsp3) is 0.278. The van der Waals surface area contributed by atoms with E-state index in [-0.39, 0.29) is 0 Å². The average molecular weight is 335 g/mol. The number of hydrogen-bond acceptors (Lipinski definition) is 2. The van der Waals surface area contributed by atoms with E-state index < -0.39 is 23.8 Å². The number of hydrogen-bond donors (Lipinski definition) is 1. The van der Waals surface area contributed by atoms with Crippen molar-refractivity contribution in [3.63, 3.8) is 0 Å². The van der Waals surface area contributed by atoms with E-state index in [4.69, 9.17) is 0 Å². The molecule has 0 unspecified atom stereocenters. The van der Waals surface area contributed by atoms with Crippen molar-refractivity contribution < 1.29 is 23.1 Å². The fourth-order valence-corrected chi connectivity index (χ4v) is 3.02. The molecule has 24 heavy (non-hydrogen) atoms. The van der Waals surface area contributed by atoms with Crippen LogP contribution in [0.1, 0.15) is 22.3 Å². The third-order valence-electron chi connectivity index (χ3n) is 4.30. The number of fused-ring (bicyclic) bond motifs is 1. The number of halogens is 3. The van der Waals surface area contributed by atoms with Gasteiger partial charge in [0.2, 0.25) is 0 Å². The Balaban J connectivity index is 1.81. The van der Waals surface area contributed by atoms with Gasteiger partial charge in [-0.1, -0.05) is 36.4 Å². The highest BCUT2D eigenvalue weighted by Gasteiger charge is 2.32. The van der Waals surface area contributed by atoms with Gasteiger partial charge < -0.3 is 5.11 Å². The first-order valence-corrected chi connectivity index (χ1v) is 7.54. The lowest BCUT2D eigenvalue weighted by atomic mass is 9.93. The molecule has 3 nitrogen and oxygen atoms in total. The van der Waals surface area contributed by atoms with E-state index in [0.29, 0.717) is 25.1 Å². The molecule has 0 amide bonds. The van der Waals surface area contributed by atoms with Crippen LogP contribution in [-0.2, 0) is 30.5 Å². The second kappa shape index (κ2) is 6.28. The van der Waals surface area contributed by atoms with Gasteiger partial charge in [0.1, 0.15) is 6.04 Å². The number of carbonyl (C=O) groups is 1. The molecule has 0 aliphatic carbocycles. The maximum absolute atomic E-state index is 12.6. The molecule has 0 aromatic heterocycles. The van der Waals surface area contributed by atoms with Crippen LogP contribution in [0.4, 0.5) is 13.2 Å². The predicted octanol–water partition coefficient (Wildman–Crippen LogP) is 3.72. The molecular weight excluding hydrogens is 319 g/mol. The van der Waals surface area contributed by atoms with Crippen molar-refractivity contribution in [1.29, 1.82) is 0 Å². The van der Waals surface area contributed by atoms with Gasteiger partial charge in [-0.05, 0) is 35.2 Å². The van der Waals surface area contributed by atoms with Gasteiger partial charge >= 0.3 is 12.1 Å².